The fraction of sp³-hybridized carbons (Fsp3) is 0.261. The summed E-state index contributed by atoms with van der Waals surface area (Å²) in [4.78, 5) is 13.1. The number of aryl methyl sites for hydroxylation is 1. The molecule has 29 heavy (non-hydrogen) atoms. The maximum absolute atomic E-state index is 13.0. The SMILES string of the molecule is Cc1cc(C(=O)NC(C)c2cccc3ccccc23)cc(S(=O)(=O)N(C)C)c1C. The van der Waals surface area contributed by atoms with Crippen LogP contribution in [-0.2, 0) is 10.0 Å². The van der Waals surface area contributed by atoms with Gasteiger partial charge >= 0.3 is 0 Å². The molecule has 0 bridgehead atoms. The molecule has 1 N–H and O–H groups in total. The van der Waals surface area contributed by atoms with Gasteiger partial charge < -0.3 is 5.32 Å². The van der Waals surface area contributed by atoms with Crippen LogP contribution in [0.3, 0.4) is 0 Å². The second-order valence-electron chi connectivity index (χ2n) is 7.47. The Morgan fingerprint density at radius 3 is 2.34 bits per heavy atom. The number of hydrogen-bond donors (Lipinski definition) is 1. The van der Waals surface area contributed by atoms with E-state index in [2.05, 4.69) is 5.32 Å². The van der Waals surface area contributed by atoms with Crippen molar-refractivity contribution in [3.63, 3.8) is 0 Å². The maximum atomic E-state index is 13.0. The van der Waals surface area contributed by atoms with Gasteiger partial charge in [-0.15, -0.1) is 0 Å². The summed E-state index contributed by atoms with van der Waals surface area (Å²) in [5.74, 6) is -0.302. The van der Waals surface area contributed by atoms with E-state index in [9.17, 15) is 13.2 Å². The predicted molar refractivity (Wildman–Crippen MR) is 117 cm³/mol. The van der Waals surface area contributed by atoms with E-state index < -0.39 is 10.0 Å². The van der Waals surface area contributed by atoms with Crippen molar-refractivity contribution in [1.82, 2.24) is 9.62 Å². The zero-order valence-electron chi connectivity index (χ0n) is 17.4. The molecule has 1 atom stereocenters. The third-order valence-electron chi connectivity index (χ3n) is 5.28. The predicted octanol–water partition coefficient (Wildman–Crippen LogP) is 4.20. The molecule has 5 nitrogen and oxygen atoms in total. The van der Waals surface area contributed by atoms with Crippen LogP contribution in [0.5, 0.6) is 0 Å². The normalized spacial score (nSPS) is 12.9. The Balaban J connectivity index is 1.96. The first kappa shape index (κ1) is 21.0. The molecule has 3 aromatic rings. The molecule has 0 aliphatic carbocycles. The Morgan fingerprint density at radius 2 is 1.66 bits per heavy atom. The van der Waals surface area contributed by atoms with E-state index in [0.29, 0.717) is 11.1 Å². The van der Waals surface area contributed by atoms with Crippen molar-refractivity contribution in [1.29, 1.82) is 0 Å². The van der Waals surface area contributed by atoms with Gasteiger partial charge in [-0.25, -0.2) is 12.7 Å². The molecule has 0 saturated carbocycles. The molecule has 6 heteroatoms. The highest BCUT2D eigenvalue weighted by Crippen LogP contribution is 2.26. The highest BCUT2D eigenvalue weighted by atomic mass is 32.2. The van der Waals surface area contributed by atoms with Crippen LogP contribution in [0, 0.1) is 13.8 Å². The van der Waals surface area contributed by atoms with Crippen LogP contribution in [0.15, 0.2) is 59.5 Å². The van der Waals surface area contributed by atoms with Crippen LogP contribution in [0.2, 0.25) is 0 Å². The molecular weight excluding hydrogens is 384 g/mol. The van der Waals surface area contributed by atoms with Crippen molar-refractivity contribution in [2.24, 2.45) is 0 Å². The molecule has 0 aliphatic rings. The molecule has 0 radical (unpaired) electrons. The standard InChI is InChI=1S/C23H26N2O3S/c1-15-13-19(14-22(16(15)2)29(27,28)25(4)5)23(26)24-17(3)20-12-8-10-18-9-6-7-11-21(18)20/h6-14,17H,1-5H3,(H,24,26). The van der Waals surface area contributed by atoms with Crippen LogP contribution in [0.25, 0.3) is 10.8 Å². The molecule has 3 aromatic carbocycles. The number of nitrogens with zero attached hydrogens (tertiary/aromatic N) is 1. The van der Waals surface area contributed by atoms with Gasteiger partial charge in [0.2, 0.25) is 10.0 Å². The Kier molecular flexibility index (Phi) is 5.78. The van der Waals surface area contributed by atoms with Crippen LogP contribution in [-0.4, -0.2) is 32.7 Å². The molecule has 152 valence electrons. The molecule has 0 aliphatic heterocycles. The van der Waals surface area contributed by atoms with Crippen molar-refractivity contribution in [2.75, 3.05) is 14.1 Å². The van der Waals surface area contributed by atoms with Gasteiger partial charge in [0, 0.05) is 19.7 Å². The highest BCUT2D eigenvalue weighted by Gasteiger charge is 2.23. The van der Waals surface area contributed by atoms with Crippen molar-refractivity contribution in [2.45, 2.75) is 31.7 Å². The first-order chi connectivity index (χ1) is 13.6. The summed E-state index contributed by atoms with van der Waals surface area (Å²) in [7, 11) is -0.671. The summed E-state index contributed by atoms with van der Waals surface area (Å²) in [6, 6.07) is 17.0. The molecule has 1 amide bonds. The lowest BCUT2D eigenvalue weighted by atomic mass is 9.99. The average Bonchev–Trinajstić information content (AvgIpc) is 2.68. The van der Waals surface area contributed by atoms with E-state index in [-0.39, 0.29) is 16.8 Å². The number of fused-ring (bicyclic) bond motifs is 1. The number of nitrogens with one attached hydrogen (secondary N) is 1. The molecule has 0 aromatic heterocycles. The number of hydrogen-bond acceptors (Lipinski definition) is 3. The van der Waals surface area contributed by atoms with Gasteiger partial charge in [0.05, 0.1) is 10.9 Å². The summed E-state index contributed by atoms with van der Waals surface area (Å²) >= 11 is 0. The minimum atomic E-state index is -3.64. The minimum absolute atomic E-state index is 0.158. The fourth-order valence-corrected chi connectivity index (χ4v) is 4.63. The quantitative estimate of drug-likeness (QED) is 0.686. The van der Waals surface area contributed by atoms with Crippen molar-refractivity contribution < 1.29 is 13.2 Å². The van der Waals surface area contributed by atoms with E-state index in [1.165, 1.54) is 20.2 Å². The molecular formula is C23H26N2O3S. The summed E-state index contributed by atoms with van der Waals surface area (Å²) in [6.45, 7) is 5.50. The average molecular weight is 411 g/mol. The number of benzene rings is 3. The third kappa shape index (κ3) is 4.04. The minimum Gasteiger partial charge on any atom is -0.345 e. The third-order valence-corrected chi connectivity index (χ3v) is 7.22. The number of carbonyl (C=O) groups is 1. The van der Waals surface area contributed by atoms with E-state index in [4.69, 9.17) is 0 Å². The van der Waals surface area contributed by atoms with Crippen LogP contribution in [0.1, 0.15) is 40.0 Å². The highest BCUT2D eigenvalue weighted by molar-refractivity contribution is 7.89. The second kappa shape index (κ2) is 7.97. The fourth-order valence-electron chi connectivity index (χ4n) is 3.41. The number of sulfonamides is 1. The van der Waals surface area contributed by atoms with Gasteiger partial charge in [0.25, 0.3) is 5.91 Å². The van der Waals surface area contributed by atoms with Crippen molar-refractivity contribution in [3.8, 4) is 0 Å². The van der Waals surface area contributed by atoms with Crippen LogP contribution < -0.4 is 5.32 Å². The first-order valence-electron chi connectivity index (χ1n) is 9.45. The van der Waals surface area contributed by atoms with Gasteiger partial charge in [-0.2, -0.15) is 0 Å². The number of rotatable bonds is 5. The lowest BCUT2D eigenvalue weighted by molar-refractivity contribution is 0.0940. The van der Waals surface area contributed by atoms with E-state index in [0.717, 1.165) is 26.2 Å². The molecule has 0 spiro atoms. The monoisotopic (exact) mass is 410 g/mol. The topological polar surface area (TPSA) is 66.5 Å². The smallest absolute Gasteiger partial charge is 0.251 e. The van der Waals surface area contributed by atoms with Gasteiger partial charge in [-0.3, -0.25) is 4.79 Å². The van der Waals surface area contributed by atoms with Gasteiger partial charge in [-0.05, 0) is 60.4 Å². The van der Waals surface area contributed by atoms with Gasteiger partial charge in [0.15, 0.2) is 0 Å². The zero-order chi connectivity index (χ0) is 21.3. The summed E-state index contributed by atoms with van der Waals surface area (Å²) < 4.78 is 26.5. The summed E-state index contributed by atoms with van der Waals surface area (Å²) in [5.41, 5.74) is 2.76. The van der Waals surface area contributed by atoms with Crippen molar-refractivity contribution >= 4 is 26.7 Å². The molecule has 0 saturated heterocycles. The van der Waals surface area contributed by atoms with Gasteiger partial charge in [-0.1, -0.05) is 42.5 Å². The Morgan fingerprint density at radius 1 is 1.00 bits per heavy atom. The molecule has 3 rings (SSSR count). The molecule has 1 unspecified atom stereocenters. The summed E-state index contributed by atoms with van der Waals surface area (Å²) in [6.07, 6.45) is 0. The summed E-state index contributed by atoms with van der Waals surface area (Å²) in [5, 5.41) is 5.20. The second-order valence-corrected chi connectivity index (χ2v) is 9.59. The van der Waals surface area contributed by atoms with Crippen molar-refractivity contribution in [3.05, 3.63) is 76.9 Å². The van der Waals surface area contributed by atoms with E-state index >= 15 is 0 Å². The van der Waals surface area contributed by atoms with E-state index in [1.54, 1.807) is 13.0 Å². The van der Waals surface area contributed by atoms with Crippen LogP contribution in [0.4, 0.5) is 0 Å². The Bertz CT molecular complexity index is 1180. The van der Waals surface area contributed by atoms with Gasteiger partial charge in [0.1, 0.15) is 0 Å². The van der Waals surface area contributed by atoms with E-state index in [1.807, 2.05) is 56.3 Å². The number of amides is 1. The maximum Gasteiger partial charge on any atom is 0.251 e. The Hall–Kier alpha value is -2.70. The molecule has 0 fully saturated rings. The lowest BCUT2D eigenvalue weighted by Crippen LogP contribution is -2.28. The zero-order valence-corrected chi connectivity index (χ0v) is 18.2. The van der Waals surface area contributed by atoms with Crippen LogP contribution >= 0.6 is 0 Å². The molecule has 0 heterocycles. The first-order valence-corrected chi connectivity index (χ1v) is 10.9. The largest absolute Gasteiger partial charge is 0.345 e. The Labute approximate surface area is 172 Å². The number of carbonyl (C=O) groups excluding carboxylic acids is 1. The lowest BCUT2D eigenvalue weighted by Gasteiger charge is -2.19.